The molecule has 0 aliphatic carbocycles. The van der Waals surface area contributed by atoms with Crippen molar-refractivity contribution in [2.75, 3.05) is 35.2 Å². The first-order valence-corrected chi connectivity index (χ1v) is 16.7. The maximum absolute atomic E-state index is 12.4. The minimum Gasteiger partial charge on any atom is -0.444 e. The topological polar surface area (TPSA) is 124 Å². The van der Waals surface area contributed by atoms with E-state index < -0.39 is 6.09 Å². The Morgan fingerprint density at radius 3 is 2.85 bits per heavy atom. The summed E-state index contributed by atoms with van der Waals surface area (Å²) in [5.74, 6) is 0.608. The lowest BCUT2D eigenvalue weighted by atomic mass is 10.1. The lowest BCUT2D eigenvalue weighted by Crippen LogP contribution is -2.42. The molecule has 13 heteroatoms. The van der Waals surface area contributed by atoms with Gasteiger partial charge in [-0.2, -0.15) is 10.1 Å². The largest absolute Gasteiger partial charge is 0.444 e. The van der Waals surface area contributed by atoms with Crippen LogP contribution in [0.3, 0.4) is 0 Å². The van der Waals surface area contributed by atoms with E-state index in [1.165, 1.54) is 0 Å². The van der Waals surface area contributed by atoms with Gasteiger partial charge in [0.25, 0.3) is 0 Å². The molecule has 1 aliphatic heterocycles. The van der Waals surface area contributed by atoms with Gasteiger partial charge in [-0.15, -0.1) is 5.10 Å². The van der Waals surface area contributed by atoms with Gasteiger partial charge in [0.05, 0.1) is 16.4 Å². The summed E-state index contributed by atoms with van der Waals surface area (Å²) in [7, 11) is 0. The summed E-state index contributed by atoms with van der Waals surface area (Å²) in [5.41, 5.74) is 6.26. The predicted molar refractivity (Wildman–Crippen MR) is 184 cm³/mol. The molecule has 1 aliphatic rings. The van der Waals surface area contributed by atoms with E-state index in [9.17, 15) is 4.79 Å². The summed E-state index contributed by atoms with van der Waals surface area (Å²) < 4.78 is 15.8. The van der Waals surface area contributed by atoms with Crippen molar-refractivity contribution in [1.29, 1.82) is 0 Å². The smallest absolute Gasteiger partial charge is 0.411 e. The molecule has 0 bridgehead atoms. The first-order valence-electron chi connectivity index (χ1n) is 15.9. The van der Waals surface area contributed by atoms with Crippen LogP contribution in [-0.2, 0) is 16.1 Å². The van der Waals surface area contributed by atoms with Crippen LogP contribution < -0.4 is 15.5 Å². The van der Waals surface area contributed by atoms with E-state index in [4.69, 9.17) is 24.5 Å². The number of hydrogen-bond acceptors (Lipinski definition) is 10. The van der Waals surface area contributed by atoms with E-state index in [-0.39, 0.29) is 18.9 Å². The Kier molecular flexibility index (Phi) is 8.72. The Labute approximate surface area is 276 Å². The van der Waals surface area contributed by atoms with Crippen LogP contribution in [0, 0.1) is 6.92 Å². The number of nitrogens with zero attached hydrogens (tertiary/aromatic N) is 7. The van der Waals surface area contributed by atoms with Gasteiger partial charge in [0, 0.05) is 54.4 Å². The third-order valence-electron chi connectivity index (χ3n) is 8.29. The number of anilines is 3. The number of piperidine rings is 1. The minimum atomic E-state index is -0.496. The number of pyridine rings is 1. The molecule has 4 aromatic heterocycles. The fourth-order valence-electron chi connectivity index (χ4n) is 5.89. The van der Waals surface area contributed by atoms with Crippen LogP contribution in [0.5, 0.6) is 0 Å². The summed E-state index contributed by atoms with van der Waals surface area (Å²) in [6.07, 6.45) is 5.27. The van der Waals surface area contributed by atoms with Crippen molar-refractivity contribution >= 4 is 50.1 Å². The Morgan fingerprint density at radius 1 is 1.13 bits per heavy atom. The molecule has 47 heavy (non-hydrogen) atoms. The number of amides is 1. The monoisotopic (exact) mass is 651 g/mol. The van der Waals surface area contributed by atoms with Gasteiger partial charge in [0.1, 0.15) is 12.8 Å². The molecular formula is C34H37N9O3S. The number of rotatable bonds is 10. The molecule has 0 saturated carbocycles. The molecule has 1 unspecified atom stereocenters. The standard InChI is InChI=1S/C34H37N9O3S/c1-4-45-23(3)42-19-25(18-35-42)28-13-15-31-39-32(40-43(31)22(28)2)36-27-11-8-16-41(20-27)33-38-29-17-26(12-14-30(29)47-33)37-34(44)46-21-24-9-6-5-7-10-24/h5-7,9-10,12-15,17-19,23,27H,4,8,11,16,20-21H2,1-3H3,(H,36,40)(H,37,44)/t23?,27-/m1/s1. The molecule has 1 amide bonds. The highest BCUT2D eigenvalue weighted by Crippen LogP contribution is 2.33. The molecule has 1 fully saturated rings. The fourth-order valence-corrected chi connectivity index (χ4v) is 6.87. The number of ether oxygens (including phenoxy) is 2. The first kappa shape index (κ1) is 30.6. The molecule has 2 N–H and O–H groups in total. The number of nitrogens with one attached hydrogen (secondary N) is 2. The van der Waals surface area contributed by atoms with Gasteiger partial charge in [-0.05, 0) is 69.5 Å². The fraction of sp³-hybridized carbons (Fsp3) is 0.324. The summed E-state index contributed by atoms with van der Waals surface area (Å²) in [6.45, 7) is 8.56. The SMILES string of the molecule is CCOC(C)n1cc(-c2ccc3nc(N[C@@H]4CCCN(c5nc6cc(NC(=O)OCc7ccccc7)ccc6s5)C4)nn3c2C)cn1. The van der Waals surface area contributed by atoms with Crippen LogP contribution in [-0.4, -0.2) is 61.2 Å². The van der Waals surface area contributed by atoms with Gasteiger partial charge in [-0.3, -0.25) is 5.32 Å². The Bertz CT molecular complexity index is 2000. The van der Waals surface area contributed by atoms with E-state index in [2.05, 4.69) is 26.7 Å². The molecule has 6 aromatic rings. The highest BCUT2D eigenvalue weighted by atomic mass is 32.1. The van der Waals surface area contributed by atoms with E-state index in [0.717, 1.165) is 69.3 Å². The van der Waals surface area contributed by atoms with Gasteiger partial charge >= 0.3 is 6.09 Å². The van der Waals surface area contributed by atoms with Crippen molar-refractivity contribution in [1.82, 2.24) is 29.4 Å². The van der Waals surface area contributed by atoms with Crippen LogP contribution in [0.2, 0.25) is 0 Å². The number of carbonyl (C=O) groups excluding carboxylic acids is 1. The second-order valence-corrected chi connectivity index (χ2v) is 12.6. The number of carbonyl (C=O) groups is 1. The molecule has 1 saturated heterocycles. The van der Waals surface area contributed by atoms with Crippen molar-refractivity contribution < 1.29 is 14.3 Å². The Morgan fingerprint density at radius 2 is 2.00 bits per heavy atom. The second-order valence-electron chi connectivity index (χ2n) is 11.6. The number of benzene rings is 2. The maximum Gasteiger partial charge on any atom is 0.411 e. The van der Waals surface area contributed by atoms with E-state index in [1.807, 2.05) is 97.0 Å². The van der Waals surface area contributed by atoms with Gasteiger partial charge in [0.15, 0.2) is 10.8 Å². The quantitative estimate of drug-likeness (QED) is 0.163. The number of fused-ring (bicyclic) bond motifs is 2. The van der Waals surface area contributed by atoms with Crippen LogP contribution in [0.25, 0.3) is 27.0 Å². The molecule has 0 radical (unpaired) electrons. The Hall–Kier alpha value is -5.01. The van der Waals surface area contributed by atoms with Crippen LogP contribution in [0.15, 0.2) is 73.1 Å². The van der Waals surface area contributed by atoms with Gasteiger partial charge in [-0.25, -0.2) is 19.0 Å². The zero-order valence-corrected chi connectivity index (χ0v) is 27.4. The average molecular weight is 652 g/mol. The summed E-state index contributed by atoms with van der Waals surface area (Å²) in [5, 5.41) is 16.7. The first-order chi connectivity index (χ1) is 22.9. The highest BCUT2D eigenvalue weighted by Gasteiger charge is 2.24. The Balaban J connectivity index is 1.00. The van der Waals surface area contributed by atoms with Gasteiger partial charge in [0.2, 0.25) is 5.95 Å². The van der Waals surface area contributed by atoms with Crippen LogP contribution >= 0.6 is 11.3 Å². The highest BCUT2D eigenvalue weighted by molar-refractivity contribution is 7.22. The number of aryl methyl sites for hydroxylation is 1. The van der Waals surface area contributed by atoms with Gasteiger partial charge in [-0.1, -0.05) is 41.7 Å². The number of aromatic nitrogens is 6. The molecule has 5 heterocycles. The molecule has 2 aromatic carbocycles. The molecular weight excluding hydrogens is 615 g/mol. The number of hydrogen-bond donors (Lipinski definition) is 2. The van der Waals surface area contributed by atoms with Crippen LogP contribution in [0.1, 0.15) is 44.2 Å². The van der Waals surface area contributed by atoms with E-state index in [0.29, 0.717) is 18.2 Å². The van der Waals surface area contributed by atoms with E-state index >= 15 is 0 Å². The normalized spacial score (nSPS) is 15.6. The molecule has 2 atom stereocenters. The average Bonchev–Trinajstić information content (AvgIpc) is 3.84. The zero-order chi connectivity index (χ0) is 32.3. The minimum absolute atomic E-state index is 0.131. The summed E-state index contributed by atoms with van der Waals surface area (Å²) >= 11 is 1.65. The molecule has 242 valence electrons. The molecule has 12 nitrogen and oxygen atoms in total. The summed E-state index contributed by atoms with van der Waals surface area (Å²) in [6, 6.07) is 19.6. The maximum atomic E-state index is 12.4. The van der Waals surface area contributed by atoms with E-state index in [1.54, 1.807) is 11.3 Å². The molecule has 0 spiro atoms. The van der Waals surface area contributed by atoms with Crippen molar-refractivity contribution in [3.05, 3.63) is 84.3 Å². The lowest BCUT2D eigenvalue weighted by Gasteiger charge is -2.32. The third-order valence-corrected chi connectivity index (χ3v) is 9.39. The third kappa shape index (κ3) is 6.76. The van der Waals surface area contributed by atoms with Crippen molar-refractivity contribution in [2.45, 2.75) is 52.5 Å². The zero-order valence-electron chi connectivity index (χ0n) is 26.6. The lowest BCUT2D eigenvalue weighted by molar-refractivity contribution is 0.0160. The van der Waals surface area contributed by atoms with Crippen molar-refractivity contribution in [2.24, 2.45) is 0 Å². The van der Waals surface area contributed by atoms with Crippen LogP contribution in [0.4, 0.5) is 21.6 Å². The second kappa shape index (κ2) is 13.4. The summed E-state index contributed by atoms with van der Waals surface area (Å²) in [4.78, 5) is 24.4. The van der Waals surface area contributed by atoms with Crippen molar-refractivity contribution in [3.8, 4) is 11.1 Å². The predicted octanol–water partition coefficient (Wildman–Crippen LogP) is 6.90. The molecule has 7 rings (SSSR count). The van der Waals surface area contributed by atoms with Gasteiger partial charge < -0.3 is 19.7 Å². The van der Waals surface area contributed by atoms with Crippen molar-refractivity contribution in [3.63, 3.8) is 0 Å². The number of thiazole rings is 1.